The maximum absolute atomic E-state index is 13.3. The third-order valence-corrected chi connectivity index (χ3v) is 6.38. The van der Waals surface area contributed by atoms with E-state index in [9.17, 15) is 9.59 Å². The molecule has 0 fully saturated rings. The Kier molecular flexibility index (Phi) is 4.55. The average molecular weight is 399 g/mol. The van der Waals surface area contributed by atoms with Crippen LogP contribution in [0.4, 0.5) is 5.69 Å². The molecular formula is C25H25N3O2. The predicted molar refractivity (Wildman–Crippen MR) is 118 cm³/mol. The van der Waals surface area contributed by atoms with Crippen molar-refractivity contribution in [3.63, 3.8) is 0 Å². The summed E-state index contributed by atoms with van der Waals surface area (Å²) in [5, 5.41) is 5.44. The Hall–Kier alpha value is -3.18. The van der Waals surface area contributed by atoms with Crippen LogP contribution in [0.2, 0.25) is 0 Å². The van der Waals surface area contributed by atoms with E-state index in [1.54, 1.807) is 4.90 Å². The van der Waals surface area contributed by atoms with Gasteiger partial charge in [-0.05, 0) is 53.3 Å². The molecule has 152 valence electrons. The minimum atomic E-state index is -0.573. The van der Waals surface area contributed by atoms with Crippen molar-refractivity contribution < 1.29 is 9.59 Å². The lowest BCUT2D eigenvalue weighted by molar-refractivity contribution is -0.127. The predicted octanol–water partition coefficient (Wildman–Crippen LogP) is 3.25. The third kappa shape index (κ3) is 3.06. The number of para-hydroxylation sites is 1. The Morgan fingerprint density at radius 3 is 2.67 bits per heavy atom. The van der Waals surface area contributed by atoms with E-state index in [1.165, 1.54) is 5.39 Å². The largest absolute Gasteiger partial charge is 0.348 e. The number of carbonyl (C=O) groups is 2. The van der Waals surface area contributed by atoms with E-state index in [-0.39, 0.29) is 17.9 Å². The summed E-state index contributed by atoms with van der Waals surface area (Å²) in [6.45, 7) is 1.98. The molecule has 2 aliphatic rings. The van der Waals surface area contributed by atoms with E-state index < -0.39 is 12.1 Å². The summed E-state index contributed by atoms with van der Waals surface area (Å²) in [4.78, 5) is 28.0. The van der Waals surface area contributed by atoms with Crippen LogP contribution in [0.1, 0.15) is 36.1 Å². The molecule has 0 aliphatic carbocycles. The van der Waals surface area contributed by atoms with Crippen molar-refractivity contribution in [2.75, 3.05) is 4.90 Å². The van der Waals surface area contributed by atoms with Crippen molar-refractivity contribution in [1.82, 2.24) is 5.32 Å². The van der Waals surface area contributed by atoms with E-state index in [0.29, 0.717) is 12.8 Å². The summed E-state index contributed by atoms with van der Waals surface area (Å²) in [7, 11) is 0. The molecule has 5 nitrogen and oxygen atoms in total. The number of hydrogen-bond acceptors (Lipinski definition) is 3. The topological polar surface area (TPSA) is 75.4 Å². The Balaban J connectivity index is 1.42. The zero-order chi connectivity index (χ0) is 20.8. The first-order valence-corrected chi connectivity index (χ1v) is 10.5. The molecule has 0 saturated carbocycles. The van der Waals surface area contributed by atoms with Crippen molar-refractivity contribution in [3.05, 3.63) is 77.4 Å². The van der Waals surface area contributed by atoms with E-state index in [0.717, 1.165) is 34.2 Å². The fourth-order valence-corrected chi connectivity index (χ4v) is 4.73. The van der Waals surface area contributed by atoms with Gasteiger partial charge in [0.05, 0.1) is 17.8 Å². The van der Waals surface area contributed by atoms with Crippen molar-refractivity contribution in [3.8, 4) is 0 Å². The number of anilines is 1. The van der Waals surface area contributed by atoms with Gasteiger partial charge in [-0.25, -0.2) is 0 Å². The van der Waals surface area contributed by atoms with Crippen molar-refractivity contribution in [1.29, 1.82) is 0 Å². The van der Waals surface area contributed by atoms with Gasteiger partial charge in [-0.3, -0.25) is 14.5 Å². The molecule has 2 amide bonds. The van der Waals surface area contributed by atoms with Gasteiger partial charge in [0.15, 0.2) is 0 Å². The minimum absolute atomic E-state index is 0.139. The molecule has 2 heterocycles. The number of aryl methyl sites for hydroxylation is 1. The number of benzene rings is 3. The first-order chi connectivity index (χ1) is 14.5. The maximum Gasteiger partial charge on any atom is 0.244 e. The van der Waals surface area contributed by atoms with Crippen LogP contribution in [-0.4, -0.2) is 23.9 Å². The second-order valence-corrected chi connectivity index (χ2v) is 8.34. The first-order valence-electron chi connectivity index (χ1n) is 10.5. The average Bonchev–Trinajstić information content (AvgIpc) is 3.11. The lowest BCUT2D eigenvalue weighted by atomic mass is 10.0. The molecule has 0 saturated heterocycles. The highest BCUT2D eigenvalue weighted by atomic mass is 16.2. The van der Waals surface area contributed by atoms with Crippen LogP contribution in [0, 0.1) is 0 Å². The van der Waals surface area contributed by atoms with Crippen LogP contribution in [0.5, 0.6) is 0 Å². The number of nitrogens with zero attached hydrogens (tertiary/aromatic N) is 1. The SMILES string of the molecule is CC(NC(=O)C1Cc2cccc3c2N1C(=O)C(N)CC3)c1ccc2ccccc2c1. The zero-order valence-corrected chi connectivity index (χ0v) is 17.0. The van der Waals surface area contributed by atoms with Gasteiger partial charge in [0.2, 0.25) is 11.8 Å². The lowest BCUT2D eigenvalue weighted by Crippen LogP contribution is -2.52. The standard InChI is InChI=1S/C25H25N3O2/c1-15(18-10-9-16-5-2-3-6-19(16)13-18)27-24(29)22-14-20-8-4-7-17-11-12-21(26)25(30)28(22)23(17)20/h2-10,13,15,21-22H,11-12,14,26H2,1H3,(H,27,29). The highest BCUT2D eigenvalue weighted by Gasteiger charge is 2.42. The van der Waals surface area contributed by atoms with Crippen molar-refractivity contribution in [2.45, 2.75) is 44.3 Å². The Bertz CT molecular complexity index is 1160. The molecule has 30 heavy (non-hydrogen) atoms. The van der Waals surface area contributed by atoms with E-state index >= 15 is 0 Å². The fourth-order valence-electron chi connectivity index (χ4n) is 4.73. The summed E-state index contributed by atoms with van der Waals surface area (Å²) in [5.41, 5.74) is 10.2. The van der Waals surface area contributed by atoms with Gasteiger partial charge in [-0.15, -0.1) is 0 Å². The monoisotopic (exact) mass is 399 g/mol. The van der Waals surface area contributed by atoms with Crippen LogP contribution in [0.25, 0.3) is 10.8 Å². The van der Waals surface area contributed by atoms with Crippen LogP contribution in [0.3, 0.4) is 0 Å². The number of nitrogens with two attached hydrogens (primary N) is 1. The number of rotatable bonds is 3. The van der Waals surface area contributed by atoms with Crippen LogP contribution < -0.4 is 16.0 Å². The normalized spacial score (nSPS) is 21.3. The van der Waals surface area contributed by atoms with Crippen molar-refractivity contribution >= 4 is 28.3 Å². The molecule has 5 rings (SSSR count). The van der Waals surface area contributed by atoms with Crippen LogP contribution in [-0.2, 0) is 22.4 Å². The molecule has 3 N–H and O–H groups in total. The summed E-state index contributed by atoms with van der Waals surface area (Å²) in [6, 6.07) is 19.1. The lowest BCUT2D eigenvalue weighted by Gasteiger charge is -2.27. The van der Waals surface area contributed by atoms with Gasteiger partial charge in [0, 0.05) is 6.42 Å². The van der Waals surface area contributed by atoms with Gasteiger partial charge >= 0.3 is 0 Å². The third-order valence-electron chi connectivity index (χ3n) is 6.38. The summed E-state index contributed by atoms with van der Waals surface area (Å²) in [6.07, 6.45) is 1.89. The minimum Gasteiger partial charge on any atom is -0.348 e. The highest BCUT2D eigenvalue weighted by molar-refractivity contribution is 6.06. The molecule has 2 aliphatic heterocycles. The molecule has 3 unspecified atom stereocenters. The maximum atomic E-state index is 13.3. The van der Waals surface area contributed by atoms with E-state index in [4.69, 9.17) is 5.73 Å². The van der Waals surface area contributed by atoms with E-state index in [1.807, 2.05) is 43.3 Å². The number of amides is 2. The molecule has 0 bridgehead atoms. The second-order valence-electron chi connectivity index (χ2n) is 8.34. The molecule has 0 radical (unpaired) electrons. The molecular weight excluding hydrogens is 374 g/mol. The van der Waals surface area contributed by atoms with Gasteiger partial charge in [0.25, 0.3) is 0 Å². The van der Waals surface area contributed by atoms with Gasteiger partial charge < -0.3 is 11.1 Å². The molecule has 5 heteroatoms. The van der Waals surface area contributed by atoms with Gasteiger partial charge in [0.1, 0.15) is 6.04 Å². The van der Waals surface area contributed by atoms with Crippen molar-refractivity contribution in [2.24, 2.45) is 5.73 Å². The summed E-state index contributed by atoms with van der Waals surface area (Å²) >= 11 is 0. The van der Waals surface area contributed by atoms with Gasteiger partial charge in [-0.1, -0.05) is 54.6 Å². The second kappa shape index (κ2) is 7.26. The number of hydrogen-bond donors (Lipinski definition) is 2. The number of carbonyl (C=O) groups excluding carboxylic acids is 2. The zero-order valence-electron chi connectivity index (χ0n) is 17.0. The first kappa shape index (κ1) is 18.8. The highest BCUT2D eigenvalue weighted by Crippen LogP contribution is 2.39. The van der Waals surface area contributed by atoms with Crippen LogP contribution >= 0.6 is 0 Å². The molecule has 3 aromatic rings. The molecule has 3 atom stereocenters. The van der Waals surface area contributed by atoms with Crippen LogP contribution in [0.15, 0.2) is 60.7 Å². The van der Waals surface area contributed by atoms with Gasteiger partial charge in [-0.2, -0.15) is 0 Å². The summed E-state index contributed by atoms with van der Waals surface area (Å²) < 4.78 is 0. The number of nitrogens with one attached hydrogen (secondary N) is 1. The molecule has 3 aromatic carbocycles. The molecule has 0 spiro atoms. The Morgan fingerprint density at radius 2 is 1.83 bits per heavy atom. The quantitative estimate of drug-likeness (QED) is 0.710. The Labute approximate surface area is 175 Å². The Morgan fingerprint density at radius 1 is 1.07 bits per heavy atom. The molecule has 0 aromatic heterocycles. The summed E-state index contributed by atoms with van der Waals surface area (Å²) in [5.74, 6) is -0.294. The fraction of sp³-hybridized carbons (Fsp3) is 0.280. The smallest absolute Gasteiger partial charge is 0.244 e. The van der Waals surface area contributed by atoms with E-state index in [2.05, 4.69) is 29.6 Å². The number of fused-ring (bicyclic) bond motifs is 1.